The summed E-state index contributed by atoms with van der Waals surface area (Å²) in [6.45, 7) is 11.1. The summed E-state index contributed by atoms with van der Waals surface area (Å²) in [6, 6.07) is 6.97. The van der Waals surface area contributed by atoms with Crippen LogP contribution in [0.1, 0.15) is 57.7 Å². The van der Waals surface area contributed by atoms with Crippen LogP contribution in [0.25, 0.3) is 0 Å². The number of ether oxygens (including phenoxy) is 1. The minimum absolute atomic E-state index is 0.232. The molecule has 19 heavy (non-hydrogen) atoms. The Bertz CT molecular complexity index is 425. The Morgan fingerprint density at radius 1 is 1.32 bits per heavy atom. The van der Waals surface area contributed by atoms with Crippen molar-refractivity contribution in [2.75, 3.05) is 13.2 Å². The number of hydrogen-bond donors (Lipinski definition) is 1. The van der Waals surface area contributed by atoms with Gasteiger partial charge in [0, 0.05) is 18.0 Å². The number of nitrogens with one attached hydrogen (secondary N) is 1. The summed E-state index contributed by atoms with van der Waals surface area (Å²) in [7, 11) is 0. The molecule has 2 rings (SSSR count). The van der Waals surface area contributed by atoms with E-state index in [1.54, 1.807) is 0 Å². The molecular formula is C17H27NO. The average molecular weight is 261 g/mol. The van der Waals surface area contributed by atoms with Gasteiger partial charge in [-0.25, -0.2) is 0 Å². The minimum atomic E-state index is 0.232. The van der Waals surface area contributed by atoms with Gasteiger partial charge in [0.15, 0.2) is 0 Å². The molecule has 0 saturated carbocycles. The molecule has 0 radical (unpaired) electrons. The lowest BCUT2D eigenvalue weighted by atomic mass is 9.77. The van der Waals surface area contributed by atoms with E-state index >= 15 is 0 Å². The lowest BCUT2D eigenvalue weighted by Gasteiger charge is -2.35. The number of para-hydroxylation sites is 1. The fourth-order valence-electron chi connectivity index (χ4n) is 2.77. The monoisotopic (exact) mass is 261 g/mol. The van der Waals surface area contributed by atoms with Gasteiger partial charge in [0.1, 0.15) is 5.75 Å². The summed E-state index contributed by atoms with van der Waals surface area (Å²) in [5.74, 6) is 1.14. The van der Waals surface area contributed by atoms with E-state index in [0.29, 0.717) is 6.04 Å². The molecular weight excluding hydrogens is 234 g/mol. The molecule has 1 aliphatic rings. The number of hydrogen-bond acceptors (Lipinski definition) is 2. The molecule has 1 aliphatic heterocycles. The van der Waals surface area contributed by atoms with Crippen LogP contribution in [0.15, 0.2) is 18.2 Å². The second-order valence-corrected chi connectivity index (χ2v) is 6.16. The first-order valence-electron chi connectivity index (χ1n) is 7.58. The standard InChI is InChI=1S/C17H27NO/c1-5-11-18-16(17(3,4)6-2)14-9-7-8-13-10-12-19-15(13)14/h7-9,16,18H,5-6,10-12H2,1-4H3. The van der Waals surface area contributed by atoms with E-state index in [2.05, 4.69) is 51.2 Å². The topological polar surface area (TPSA) is 21.3 Å². The Labute approximate surface area is 117 Å². The summed E-state index contributed by atoms with van der Waals surface area (Å²) < 4.78 is 5.89. The zero-order chi connectivity index (χ0) is 13.9. The maximum Gasteiger partial charge on any atom is 0.127 e. The maximum absolute atomic E-state index is 5.89. The SMILES string of the molecule is CCCNC(c1cccc2c1OCC2)C(C)(C)CC. The fourth-order valence-corrected chi connectivity index (χ4v) is 2.77. The lowest BCUT2D eigenvalue weighted by molar-refractivity contribution is 0.228. The van der Waals surface area contributed by atoms with Gasteiger partial charge >= 0.3 is 0 Å². The van der Waals surface area contributed by atoms with Gasteiger partial charge in [-0.05, 0) is 30.4 Å². The summed E-state index contributed by atoms with van der Waals surface area (Å²) >= 11 is 0. The fraction of sp³-hybridized carbons (Fsp3) is 0.647. The second-order valence-electron chi connectivity index (χ2n) is 6.16. The van der Waals surface area contributed by atoms with Crippen molar-refractivity contribution in [3.63, 3.8) is 0 Å². The Balaban J connectivity index is 2.35. The summed E-state index contributed by atoms with van der Waals surface area (Å²) in [4.78, 5) is 0. The van der Waals surface area contributed by atoms with Crippen LogP contribution in [0, 0.1) is 5.41 Å². The average Bonchev–Trinajstić information content (AvgIpc) is 2.88. The molecule has 0 spiro atoms. The van der Waals surface area contributed by atoms with E-state index in [1.165, 1.54) is 11.1 Å². The van der Waals surface area contributed by atoms with Gasteiger partial charge in [0.25, 0.3) is 0 Å². The molecule has 106 valence electrons. The normalized spacial score (nSPS) is 16.0. The van der Waals surface area contributed by atoms with Crippen LogP contribution in [0.4, 0.5) is 0 Å². The van der Waals surface area contributed by atoms with Gasteiger partial charge in [-0.1, -0.05) is 45.9 Å². The summed E-state index contributed by atoms with van der Waals surface area (Å²) in [6.07, 6.45) is 3.36. The summed E-state index contributed by atoms with van der Waals surface area (Å²) in [5.41, 5.74) is 2.94. The van der Waals surface area contributed by atoms with Crippen molar-refractivity contribution in [1.82, 2.24) is 5.32 Å². The number of fused-ring (bicyclic) bond motifs is 1. The van der Waals surface area contributed by atoms with Gasteiger partial charge in [-0.15, -0.1) is 0 Å². The highest BCUT2D eigenvalue weighted by molar-refractivity contribution is 5.46. The van der Waals surface area contributed by atoms with Crippen molar-refractivity contribution in [3.05, 3.63) is 29.3 Å². The van der Waals surface area contributed by atoms with E-state index in [9.17, 15) is 0 Å². The highest BCUT2D eigenvalue weighted by Crippen LogP contribution is 2.42. The highest BCUT2D eigenvalue weighted by atomic mass is 16.5. The van der Waals surface area contributed by atoms with Crippen LogP contribution in [-0.4, -0.2) is 13.2 Å². The van der Waals surface area contributed by atoms with E-state index < -0.39 is 0 Å². The third-order valence-corrected chi connectivity index (χ3v) is 4.35. The molecule has 1 heterocycles. The molecule has 1 unspecified atom stereocenters. The Hall–Kier alpha value is -1.02. The zero-order valence-corrected chi connectivity index (χ0v) is 12.8. The van der Waals surface area contributed by atoms with Crippen molar-refractivity contribution < 1.29 is 4.74 Å². The molecule has 0 aliphatic carbocycles. The van der Waals surface area contributed by atoms with Gasteiger partial charge in [0.2, 0.25) is 0 Å². The van der Waals surface area contributed by atoms with E-state index in [0.717, 1.165) is 38.2 Å². The Kier molecular flexibility index (Phi) is 4.51. The molecule has 1 aromatic rings. The molecule has 1 aromatic carbocycles. The van der Waals surface area contributed by atoms with Gasteiger partial charge in [0.05, 0.1) is 6.61 Å². The quantitative estimate of drug-likeness (QED) is 0.832. The molecule has 1 N–H and O–H groups in total. The first-order chi connectivity index (χ1) is 9.10. The largest absolute Gasteiger partial charge is 0.493 e. The van der Waals surface area contributed by atoms with Crippen molar-refractivity contribution in [3.8, 4) is 5.75 Å². The van der Waals surface area contributed by atoms with Crippen LogP contribution in [0.3, 0.4) is 0 Å². The van der Waals surface area contributed by atoms with Crippen LogP contribution < -0.4 is 10.1 Å². The molecule has 0 fully saturated rings. The van der Waals surface area contributed by atoms with Crippen molar-refractivity contribution in [2.45, 2.75) is 53.0 Å². The van der Waals surface area contributed by atoms with Crippen molar-refractivity contribution in [2.24, 2.45) is 5.41 Å². The number of rotatable bonds is 6. The van der Waals surface area contributed by atoms with Crippen molar-refractivity contribution >= 4 is 0 Å². The first-order valence-corrected chi connectivity index (χ1v) is 7.58. The third-order valence-electron chi connectivity index (χ3n) is 4.35. The molecule has 2 heteroatoms. The predicted octanol–water partition coefficient (Wildman–Crippen LogP) is 4.10. The Morgan fingerprint density at radius 3 is 2.79 bits per heavy atom. The molecule has 0 bridgehead atoms. The van der Waals surface area contributed by atoms with Gasteiger partial charge < -0.3 is 10.1 Å². The van der Waals surface area contributed by atoms with E-state index in [-0.39, 0.29) is 5.41 Å². The minimum Gasteiger partial charge on any atom is -0.493 e. The van der Waals surface area contributed by atoms with Crippen LogP contribution >= 0.6 is 0 Å². The van der Waals surface area contributed by atoms with E-state index in [1.807, 2.05) is 0 Å². The van der Waals surface area contributed by atoms with E-state index in [4.69, 9.17) is 4.74 Å². The second kappa shape index (κ2) is 5.96. The molecule has 0 amide bonds. The summed E-state index contributed by atoms with van der Waals surface area (Å²) in [5, 5.41) is 3.73. The lowest BCUT2D eigenvalue weighted by Crippen LogP contribution is -2.34. The molecule has 2 nitrogen and oxygen atoms in total. The Morgan fingerprint density at radius 2 is 2.11 bits per heavy atom. The third kappa shape index (κ3) is 2.94. The number of benzene rings is 1. The van der Waals surface area contributed by atoms with Crippen LogP contribution in [-0.2, 0) is 6.42 Å². The molecule has 0 aromatic heterocycles. The molecule has 1 atom stereocenters. The zero-order valence-electron chi connectivity index (χ0n) is 12.8. The smallest absolute Gasteiger partial charge is 0.127 e. The highest BCUT2D eigenvalue weighted by Gasteiger charge is 2.32. The molecule has 0 saturated heterocycles. The van der Waals surface area contributed by atoms with Gasteiger partial charge in [-0.3, -0.25) is 0 Å². The van der Waals surface area contributed by atoms with Crippen LogP contribution in [0.5, 0.6) is 5.75 Å². The first kappa shape index (κ1) is 14.4. The predicted molar refractivity (Wildman–Crippen MR) is 80.7 cm³/mol. The van der Waals surface area contributed by atoms with Crippen molar-refractivity contribution in [1.29, 1.82) is 0 Å². The van der Waals surface area contributed by atoms with Crippen LogP contribution in [0.2, 0.25) is 0 Å². The maximum atomic E-state index is 5.89. The van der Waals surface area contributed by atoms with Gasteiger partial charge in [-0.2, -0.15) is 0 Å².